The van der Waals surface area contributed by atoms with Crippen molar-refractivity contribution in [2.45, 2.75) is 46.6 Å². The smallest absolute Gasteiger partial charge is 0.135 e. The van der Waals surface area contributed by atoms with Crippen LogP contribution in [0.1, 0.15) is 38.6 Å². The Labute approximate surface area is 114 Å². The Morgan fingerprint density at radius 1 is 1.33 bits per heavy atom. The van der Waals surface area contributed by atoms with Crippen LogP contribution in [-0.4, -0.2) is 27.5 Å². The zero-order chi connectivity index (χ0) is 13.5. The molecule has 102 valence electrons. The van der Waals surface area contributed by atoms with Gasteiger partial charge in [0, 0.05) is 23.8 Å². The number of anilines is 2. The first-order valence-corrected chi connectivity index (χ1v) is 7.71. The second kappa shape index (κ2) is 7.46. The number of hydrogen-bond acceptors (Lipinski definition) is 5. The van der Waals surface area contributed by atoms with Gasteiger partial charge in [-0.15, -0.1) is 0 Å². The quantitative estimate of drug-likeness (QED) is 0.796. The Balaban J connectivity index is 2.79. The summed E-state index contributed by atoms with van der Waals surface area (Å²) >= 11 is 1.92. The minimum absolute atomic E-state index is 0.387. The number of aromatic nitrogens is 2. The molecule has 1 aromatic rings. The van der Waals surface area contributed by atoms with Crippen molar-refractivity contribution in [1.29, 1.82) is 0 Å². The first-order chi connectivity index (χ1) is 8.58. The van der Waals surface area contributed by atoms with Gasteiger partial charge in [-0.25, -0.2) is 9.97 Å². The Hall–Kier alpha value is -0.970. The van der Waals surface area contributed by atoms with Crippen molar-refractivity contribution in [3.8, 4) is 0 Å². The predicted molar refractivity (Wildman–Crippen MR) is 81.3 cm³/mol. The van der Waals surface area contributed by atoms with Gasteiger partial charge in [0.2, 0.25) is 0 Å². The van der Waals surface area contributed by atoms with Crippen LogP contribution in [0.2, 0.25) is 0 Å². The van der Waals surface area contributed by atoms with Crippen molar-refractivity contribution >= 4 is 23.4 Å². The number of hydrogen-bond donors (Lipinski definition) is 2. The van der Waals surface area contributed by atoms with Crippen LogP contribution in [0.4, 0.5) is 11.6 Å². The molecule has 0 aliphatic rings. The van der Waals surface area contributed by atoms with Gasteiger partial charge in [0.15, 0.2) is 0 Å². The maximum absolute atomic E-state index is 5.93. The van der Waals surface area contributed by atoms with E-state index < -0.39 is 0 Å². The highest BCUT2D eigenvalue weighted by molar-refractivity contribution is 7.99. The molecule has 0 radical (unpaired) electrons. The van der Waals surface area contributed by atoms with Crippen LogP contribution in [0.5, 0.6) is 0 Å². The third-order valence-electron chi connectivity index (χ3n) is 2.66. The lowest BCUT2D eigenvalue weighted by molar-refractivity contribution is 0.823. The minimum atomic E-state index is 0.387. The van der Waals surface area contributed by atoms with Crippen LogP contribution < -0.4 is 11.1 Å². The van der Waals surface area contributed by atoms with Gasteiger partial charge >= 0.3 is 0 Å². The third kappa shape index (κ3) is 4.37. The lowest BCUT2D eigenvalue weighted by atomic mass is 10.2. The lowest BCUT2D eigenvalue weighted by Crippen LogP contribution is -2.21. The molecule has 18 heavy (non-hydrogen) atoms. The molecule has 0 saturated heterocycles. The fourth-order valence-electron chi connectivity index (χ4n) is 1.63. The SMILES string of the molecule is CCCc1nc(N)c(C)c(NC(C)CSCC)n1. The van der Waals surface area contributed by atoms with Crippen molar-refractivity contribution in [3.63, 3.8) is 0 Å². The number of nitrogen functional groups attached to an aromatic ring is 1. The van der Waals surface area contributed by atoms with Crippen LogP contribution in [0.3, 0.4) is 0 Å². The van der Waals surface area contributed by atoms with E-state index in [9.17, 15) is 0 Å². The molecule has 0 fully saturated rings. The van der Waals surface area contributed by atoms with Gasteiger partial charge in [0.25, 0.3) is 0 Å². The van der Waals surface area contributed by atoms with Gasteiger partial charge in [-0.3, -0.25) is 0 Å². The standard InChI is InChI=1S/C13H24N4S/c1-5-7-11-16-12(14)10(4)13(17-11)15-9(3)8-18-6-2/h9H,5-8H2,1-4H3,(H3,14,15,16,17). The maximum Gasteiger partial charge on any atom is 0.135 e. The molecule has 0 aliphatic carbocycles. The maximum atomic E-state index is 5.93. The van der Waals surface area contributed by atoms with E-state index in [0.29, 0.717) is 11.9 Å². The molecular formula is C13H24N4S. The normalized spacial score (nSPS) is 12.4. The van der Waals surface area contributed by atoms with E-state index in [4.69, 9.17) is 5.73 Å². The summed E-state index contributed by atoms with van der Waals surface area (Å²) in [6.07, 6.45) is 1.90. The molecule has 1 rings (SSSR count). The fraction of sp³-hybridized carbons (Fsp3) is 0.692. The Bertz CT molecular complexity index is 381. The average Bonchev–Trinajstić information content (AvgIpc) is 2.33. The Morgan fingerprint density at radius 2 is 2.06 bits per heavy atom. The van der Waals surface area contributed by atoms with Crippen LogP contribution in [0, 0.1) is 6.92 Å². The molecule has 0 aliphatic heterocycles. The fourth-order valence-corrected chi connectivity index (χ4v) is 2.30. The summed E-state index contributed by atoms with van der Waals surface area (Å²) < 4.78 is 0. The summed E-state index contributed by atoms with van der Waals surface area (Å²) in [4.78, 5) is 8.87. The summed E-state index contributed by atoms with van der Waals surface area (Å²) in [6, 6.07) is 0.387. The average molecular weight is 268 g/mol. The summed E-state index contributed by atoms with van der Waals surface area (Å²) in [5.41, 5.74) is 6.88. The lowest BCUT2D eigenvalue weighted by Gasteiger charge is -2.17. The second-order valence-electron chi connectivity index (χ2n) is 4.45. The van der Waals surface area contributed by atoms with E-state index in [-0.39, 0.29) is 0 Å². The predicted octanol–water partition coefficient (Wildman–Crippen LogP) is 2.87. The molecule has 0 bridgehead atoms. The number of rotatable bonds is 7. The summed E-state index contributed by atoms with van der Waals surface area (Å²) in [5, 5.41) is 3.43. The van der Waals surface area contributed by atoms with Crippen LogP contribution in [-0.2, 0) is 6.42 Å². The largest absolute Gasteiger partial charge is 0.383 e. The summed E-state index contributed by atoms with van der Waals surface area (Å²) in [7, 11) is 0. The number of nitrogens with one attached hydrogen (secondary N) is 1. The number of nitrogens with zero attached hydrogens (tertiary/aromatic N) is 2. The molecule has 4 nitrogen and oxygen atoms in total. The van der Waals surface area contributed by atoms with Gasteiger partial charge < -0.3 is 11.1 Å². The molecule has 1 heterocycles. The molecule has 5 heteroatoms. The number of aryl methyl sites for hydroxylation is 1. The van der Waals surface area contributed by atoms with Crippen LogP contribution in [0.15, 0.2) is 0 Å². The first-order valence-electron chi connectivity index (χ1n) is 6.55. The van der Waals surface area contributed by atoms with E-state index in [0.717, 1.165) is 41.6 Å². The van der Waals surface area contributed by atoms with E-state index >= 15 is 0 Å². The molecule has 0 aromatic carbocycles. The van der Waals surface area contributed by atoms with Crippen molar-refractivity contribution < 1.29 is 0 Å². The number of nitrogens with two attached hydrogens (primary N) is 1. The monoisotopic (exact) mass is 268 g/mol. The van der Waals surface area contributed by atoms with Crippen molar-refractivity contribution in [2.75, 3.05) is 22.6 Å². The molecule has 0 amide bonds. The Kier molecular flexibility index (Phi) is 6.25. The summed E-state index contributed by atoms with van der Waals surface area (Å²) in [5.74, 6) is 4.51. The first kappa shape index (κ1) is 15.1. The molecule has 1 aromatic heterocycles. The van der Waals surface area contributed by atoms with E-state index in [2.05, 4.69) is 36.1 Å². The van der Waals surface area contributed by atoms with Gasteiger partial charge in [-0.1, -0.05) is 13.8 Å². The van der Waals surface area contributed by atoms with E-state index in [1.807, 2.05) is 18.7 Å². The third-order valence-corrected chi connectivity index (χ3v) is 3.80. The Morgan fingerprint density at radius 3 is 2.67 bits per heavy atom. The van der Waals surface area contributed by atoms with Gasteiger partial charge in [0.1, 0.15) is 17.5 Å². The van der Waals surface area contributed by atoms with Crippen molar-refractivity contribution in [3.05, 3.63) is 11.4 Å². The highest BCUT2D eigenvalue weighted by Gasteiger charge is 2.10. The van der Waals surface area contributed by atoms with Gasteiger partial charge in [-0.2, -0.15) is 11.8 Å². The van der Waals surface area contributed by atoms with E-state index in [1.165, 1.54) is 0 Å². The molecule has 1 atom stereocenters. The highest BCUT2D eigenvalue weighted by atomic mass is 32.2. The van der Waals surface area contributed by atoms with E-state index in [1.54, 1.807) is 0 Å². The van der Waals surface area contributed by atoms with Gasteiger partial charge in [-0.05, 0) is 26.0 Å². The van der Waals surface area contributed by atoms with Gasteiger partial charge in [0.05, 0.1) is 0 Å². The van der Waals surface area contributed by atoms with Crippen LogP contribution >= 0.6 is 11.8 Å². The summed E-state index contributed by atoms with van der Waals surface area (Å²) in [6.45, 7) is 8.42. The zero-order valence-corrected chi connectivity index (χ0v) is 12.6. The number of thioether (sulfide) groups is 1. The molecular weight excluding hydrogens is 244 g/mol. The highest BCUT2D eigenvalue weighted by Crippen LogP contribution is 2.19. The molecule has 1 unspecified atom stereocenters. The van der Waals surface area contributed by atoms with Crippen molar-refractivity contribution in [2.24, 2.45) is 0 Å². The molecule has 0 saturated carbocycles. The second-order valence-corrected chi connectivity index (χ2v) is 5.77. The molecule has 3 N–H and O–H groups in total. The molecule has 0 spiro atoms. The zero-order valence-electron chi connectivity index (χ0n) is 11.8. The topological polar surface area (TPSA) is 63.8 Å². The van der Waals surface area contributed by atoms with Crippen molar-refractivity contribution in [1.82, 2.24) is 9.97 Å². The minimum Gasteiger partial charge on any atom is -0.383 e. The van der Waals surface area contributed by atoms with Crippen LogP contribution in [0.25, 0.3) is 0 Å².